The van der Waals surface area contributed by atoms with Gasteiger partial charge < -0.3 is 9.26 Å². The number of benzene rings is 2. The number of hydrogen-bond donors (Lipinski definition) is 0. The van der Waals surface area contributed by atoms with Crippen molar-refractivity contribution in [2.75, 3.05) is 7.11 Å². The lowest BCUT2D eigenvalue weighted by Crippen LogP contribution is -1.91. The van der Waals surface area contributed by atoms with Crippen LogP contribution in [0.25, 0.3) is 22.6 Å². The highest BCUT2D eigenvalue weighted by atomic mass is 35.5. The quantitative estimate of drug-likeness (QED) is 0.407. The van der Waals surface area contributed by atoms with Gasteiger partial charge in [-0.1, -0.05) is 40.7 Å². The summed E-state index contributed by atoms with van der Waals surface area (Å²) in [6, 6.07) is 18.8. The summed E-state index contributed by atoms with van der Waals surface area (Å²) >= 11 is 7.38. The van der Waals surface area contributed by atoms with Gasteiger partial charge in [0.15, 0.2) is 0 Å². The van der Waals surface area contributed by atoms with E-state index in [9.17, 15) is 0 Å². The molecule has 0 fully saturated rings. The standard InChI is InChI=1S/C20H15ClN4O2S/c1-26-16-4-2-3-14(11-16)17-9-10-19(24-23-17)28-12-18-22-20(25-27-18)13-5-7-15(21)8-6-13/h2-11H,12H2,1H3. The maximum Gasteiger partial charge on any atom is 0.237 e. The average molecular weight is 411 g/mol. The monoisotopic (exact) mass is 410 g/mol. The van der Waals surface area contributed by atoms with Crippen LogP contribution in [0.4, 0.5) is 0 Å². The zero-order chi connectivity index (χ0) is 19.3. The highest BCUT2D eigenvalue weighted by Crippen LogP contribution is 2.25. The predicted octanol–water partition coefficient (Wildman–Crippen LogP) is 5.15. The molecule has 0 aliphatic carbocycles. The van der Waals surface area contributed by atoms with Crippen LogP contribution in [0.3, 0.4) is 0 Å². The molecule has 0 spiro atoms. The van der Waals surface area contributed by atoms with Crippen molar-refractivity contribution in [1.82, 2.24) is 20.3 Å². The van der Waals surface area contributed by atoms with E-state index in [1.807, 2.05) is 48.5 Å². The van der Waals surface area contributed by atoms with Gasteiger partial charge >= 0.3 is 0 Å². The molecule has 2 aromatic carbocycles. The first kappa shape index (κ1) is 18.5. The molecule has 2 heterocycles. The Morgan fingerprint density at radius 3 is 2.61 bits per heavy atom. The lowest BCUT2D eigenvalue weighted by atomic mass is 10.1. The fraction of sp³-hybridized carbons (Fsp3) is 0.100. The largest absolute Gasteiger partial charge is 0.497 e. The molecular weight excluding hydrogens is 396 g/mol. The molecule has 0 radical (unpaired) electrons. The number of ether oxygens (including phenoxy) is 1. The van der Waals surface area contributed by atoms with Gasteiger partial charge in [-0.15, -0.1) is 10.2 Å². The zero-order valence-corrected chi connectivity index (χ0v) is 16.4. The summed E-state index contributed by atoms with van der Waals surface area (Å²) in [7, 11) is 1.64. The molecule has 0 aliphatic heterocycles. The number of methoxy groups -OCH3 is 1. The third-order valence-electron chi connectivity index (χ3n) is 3.92. The lowest BCUT2D eigenvalue weighted by Gasteiger charge is -2.04. The first-order valence-corrected chi connectivity index (χ1v) is 9.77. The Balaban J connectivity index is 1.41. The van der Waals surface area contributed by atoms with Crippen LogP contribution in [0.5, 0.6) is 5.75 Å². The molecule has 0 atom stereocenters. The van der Waals surface area contributed by atoms with Crippen molar-refractivity contribution < 1.29 is 9.26 Å². The summed E-state index contributed by atoms with van der Waals surface area (Å²) in [4.78, 5) is 4.41. The van der Waals surface area contributed by atoms with Gasteiger partial charge in [0.25, 0.3) is 0 Å². The summed E-state index contributed by atoms with van der Waals surface area (Å²) in [6.07, 6.45) is 0. The van der Waals surface area contributed by atoms with Crippen LogP contribution in [-0.2, 0) is 5.75 Å². The summed E-state index contributed by atoms with van der Waals surface area (Å²) in [5, 5.41) is 14.0. The molecule has 0 unspecified atom stereocenters. The van der Waals surface area contributed by atoms with E-state index >= 15 is 0 Å². The normalized spacial score (nSPS) is 10.8. The van der Waals surface area contributed by atoms with E-state index in [2.05, 4.69) is 20.3 Å². The van der Waals surface area contributed by atoms with E-state index < -0.39 is 0 Å². The molecule has 4 rings (SSSR count). The Labute approximate surface area is 170 Å². The SMILES string of the molecule is COc1cccc(-c2ccc(SCc3nc(-c4ccc(Cl)cc4)no3)nn2)c1. The molecule has 2 aromatic heterocycles. The molecule has 8 heteroatoms. The third-order valence-corrected chi connectivity index (χ3v) is 5.08. The number of halogens is 1. The van der Waals surface area contributed by atoms with Gasteiger partial charge in [0.05, 0.1) is 18.6 Å². The fourth-order valence-electron chi connectivity index (χ4n) is 2.50. The molecule has 0 saturated heterocycles. The maximum absolute atomic E-state index is 5.90. The average Bonchev–Trinajstić information content (AvgIpc) is 3.22. The molecule has 0 N–H and O–H groups in total. The van der Waals surface area contributed by atoms with Crippen molar-refractivity contribution in [2.45, 2.75) is 10.8 Å². The first-order chi connectivity index (χ1) is 13.7. The lowest BCUT2D eigenvalue weighted by molar-refractivity contribution is 0.391. The fourth-order valence-corrected chi connectivity index (χ4v) is 3.28. The van der Waals surface area contributed by atoms with E-state index in [4.69, 9.17) is 20.9 Å². The van der Waals surface area contributed by atoms with Crippen molar-refractivity contribution in [3.05, 3.63) is 71.6 Å². The van der Waals surface area contributed by atoms with Gasteiger partial charge in [0.2, 0.25) is 11.7 Å². The molecule has 28 heavy (non-hydrogen) atoms. The van der Waals surface area contributed by atoms with Gasteiger partial charge in [-0.3, -0.25) is 0 Å². The van der Waals surface area contributed by atoms with Crippen LogP contribution in [0.1, 0.15) is 5.89 Å². The van der Waals surface area contributed by atoms with Crippen LogP contribution in [0.15, 0.2) is 70.2 Å². The molecule has 6 nitrogen and oxygen atoms in total. The second-order valence-electron chi connectivity index (χ2n) is 5.80. The van der Waals surface area contributed by atoms with E-state index in [0.717, 1.165) is 27.6 Å². The van der Waals surface area contributed by atoms with E-state index in [1.54, 1.807) is 19.2 Å². The van der Waals surface area contributed by atoms with Gasteiger partial charge in [-0.05, 0) is 48.5 Å². The van der Waals surface area contributed by atoms with E-state index in [-0.39, 0.29) is 0 Å². The molecule has 0 aliphatic rings. The van der Waals surface area contributed by atoms with Gasteiger partial charge in [0, 0.05) is 16.1 Å². The van der Waals surface area contributed by atoms with Crippen LogP contribution < -0.4 is 4.74 Å². The minimum absolute atomic E-state index is 0.508. The highest BCUT2D eigenvalue weighted by Gasteiger charge is 2.10. The maximum atomic E-state index is 5.90. The smallest absolute Gasteiger partial charge is 0.237 e. The van der Waals surface area contributed by atoms with Crippen LogP contribution in [-0.4, -0.2) is 27.4 Å². The van der Waals surface area contributed by atoms with Crippen molar-refractivity contribution in [2.24, 2.45) is 0 Å². The molecular formula is C20H15ClN4O2S. The number of nitrogens with zero attached hydrogens (tertiary/aromatic N) is 4. The highest BCUT2D eigenvalue weighted by molar-refractivity contribution is 7.98. The molecule has 0 saturated carbocycles. The predicted molar refractivity (Wildman–Crippen MR) is 108 cm³/mol. The molecule has 140 valence electrons. The number of thioether (sulfide) groups is 1. The van der Waals surface area contributed by atoms with Crippen LogP contribution in [0.2, 0.25) is 5.02 Å². The van der Waals surface area contributed by atoms with Crippen molar-refractivity contribution in [1.29, 1.82) is 0 Å². The van der Waals surface area contributed by atoms with Gasteiger partial charge in [-0.2, -0.15) is 4.98 Å². The molecule has 0 bridgehead atoms. The van der Waals surface area contributed by atoms with Crippen molar-refractivity contribution >= 4 is 23.4 Å². The summed E-state index contributed by atoms with van der Waals surface area (Å²) in [5.74, 6) is 2.35. The Hall–Kier alpha value is -2.90. The van der Waals surface area contributed by atoms with Crippen molar-refractivity contribution in [3.8, 4) is 28.4 Å². The van der Waals surface area contributed by atoms with Crippen LogP contribution >= 0.6 is 23.4 Å². The topological polar surface area (TPSA) is 73.9 Å². The second kappa shape index (κ2) is 8.41. The number of aromatic nitrogens is 4. The summed E-state index contributed by atoms with van der Waals surface area (Å²) < 4.78 is 10.6. The van der Waals surface area contributed by atoms with Crippen molar-refractivity contribution in [3.63, 3.8) is 0 Å². The zero-order valence-electron chi connectivity index (χ0n) is 14.9. The minimum atomic E-state index is 0.508. The third kappa shape index (κ3) is 4.32. The van der Waals surface area contributed by atoms with E-state index in [1.165, 1.54) is 11.8 Å². The second-order valence-corrected chi connectivity index (χ2v) is 7.23. The molecule has 0 amide bonds. The Kier molecular flexibility index (Phi) is 5.55. The number of hydrogen-bond acceptors (Lipinski definition) is 7. The molecule has 4 aromatic rings. The first-order valence-electron chi connectivity index (χ1n) is 8.41. The van der Waals surface area contributed by atoms with Gasteiger partial charge in [0.1, 0.15) is 10.8 Å². The minimum Gasteiger partial charge on any atom is -0.497 e. The summed E-state index contributed by atoms with van der Waals surface area (Å²) in [5.41, 5.74) is 2.59. The van der Waals surface area contributed by atoms with Crippen LogP contribution in [0, 0.1) is 0 Å². The summed E-state index contributed by atoms with van der Waals surface area (Å²) in [6.45, 7) is 0. The Morgan fingerprint density at radius 1 is 1.00 bits per heavy atom. The van der Waals surface area contributed by atoms with Gasteiger partial charge in [-0.25, -0.2) is 0 Å². The Morgan fingerprint density at radius 2 is 1.86 bits per heavy atom. The Bertz CT molecular complexity index is 1070. The van der Waals surface area contributed by atoms with E-state index in [0.29, 0.717) is 22.5 Å². The number of rotatable bonds is 6.